The number of fused-ring (bicyclic) bond motifs is 2. The molecule has 0 saturated carbocycles. The van der Waals surface area contributed by atoms with Crippen LogP contribution in [0.5, 0.6) is 5.75 Å². The maximum absolute atomic E-state index is 14.4. The molecule has 5 rings (SSSR count). The van der Waals surface area contributed by atoms with Crippen LogP contribution in [-0.4, -0.2) is 34.4 Å². The van der Waals surface area contributed by atoms with Crippen molar-refractivity contribution >= 4 is 11.9 Å². The lowest BCUT2D eigenvalue weighted by atomic mass is 9.74. The third-order valence-corrected chi connectivity index (χ3v) is 6.28. The summed E-state index contributed by atoms with van der Waals surface area (Å²) in [5.41, 5.74) is 6.19. The normalized spacial score (nSPS) is 23.9. The van der Waals surface area contributed by atoms with E-state index in [4.69, 9.17) is 10.5 Å². The van der Waals surface area contributed by atoms with Crippen molar-refractivity contribution in [3.63, 3.8) is 0 Å². The number of pyridine rings is 1. The lowest BCUT2D eigenvalue weighted by molar-refractivity contribution is -0.133. The molecular formula is C25H22F2N4O2. The summed E-state index contributed by atoms with van der Waals surface area (Å²) in [6.45, 7) is 1.90. The Morgan fingerprint density at radius 1 is 1.15 bits per heavy atom. The number of amides is 1. The minimum Gasteiger partial charge on any atom is -0.487 e. The third-order valence-electron chi connectivity index (χ3n) is 6.28. The highest BCUT2D eigenvalue weighted by Gasteiger charge is 2.56. The van der Waals surface area contributed by atoms with E-state index in [1.807, 2.05) is 6.92 Å². The summed E-state index contributed by atoms with van der Waals surface area (Å²) in [6.07, 6.45) is 2.02. The molecule has 0 saturated heterocycles. The first-order chi connectivity index (χ1) is 15.7. The highest BCUT2D eigenvalue weighted by molar-refractivity contribution is 6.07. The standard InChI is InChI=1S/C25H22F2N4O2/c1-24(13-15-5-8-17(26)9-6-15)14-25(22(32)31(2)23(28)30-25)19-12-16(7-10-20(19)33-24)18-4-3-11-29-21(18)27/h3-12H,13-14H2,1-2H3,(H2,28,30)/t24-,25?/m1/s1. The molecule has 0 bridgehead atoms. The molecule has 3 heterocycles. The number of carbonyl (C=O) groups is 1. The molecule has 168 valence electrons. The van der Waals surface area contributed by atoms with Crippen LogP contribution in [0.2, 0.25) is 0 Å². The van der Waals surface area contributed by atoms with Crippen molar-refractivity contribution in [1.29, 1.82) is 0 Å². The van der Waals surface area contributed by atoms with Gasteiger partial charge in [0.05, 0.1) is 0 Å². The van der Waals surface area contributed by atoms with Crippen LogP contribution in [0.1, 0.15) is 24.5 Å². The summed E-state index contributed by atoms with van der Waals surface area (Å²) in [5.74, 6) is -0.634. The number of rotatable bonds is 3. The second kappa shape index (κ2) is 7.37. The predicted octanol–water partition coefficient (Wildman–Crippen LogP) is 3.79. The molecule has 1 unspecified atom stereocenters. The molecule has 2 aromatic carbocycles. The van der Waals surface area contributed by atoms with Gasteiger partial charge in [0, 0.05) is 37.2 Å². The smallest absolute Gasteiger partial charge is 0.261 e. The highest BCUT2D eigenvalue weighted by Crippen LogP contribution is 2.50. The van der Waals surface area contributed by atoms with Crippen LogP contribution in [0.4, 0.5) is 8.78 Å². The molecule has 2 aliphatic heterocycles. The molecular weight excluding hydrogens is 426 g/mol. The van der Waals surface area contributed by atoms with Crippen LogP contribution < -0.4 is 10.5 Å². The fourth-order valence-electron chi connectivity index (χ4n) is 4.77. The van der Waals surface area contributed by atoms with E-state index in [1.54, 1.807) is 49.5 Å². The van der Waals surface area contributed by atoms with Crippen LogP contribution in [0.15, 0.2) is 65.8 Å². The summed E-state index contributed by atoms with van der Waals surface area (Å²) in [5, 5.41) is 0. The second-order valence-electron chi connectivity index (χ2n) is 8.78. The van der Waals surface area contributed by atoms with Gasteiger partial charge >= 0.3 is 0 Å². The minimum absolute atomic E-state index is 0.106. The number of halogens is 2. The molecule has 33 heavy (non-hydrogen) atoms. The largest absolute Gasteiger partial charge is 0.487 e. The summed E-state index contributed by atoms with van der Waals surface area (Å²) < 4.78 is 34.2. The molecule has 1 aromatic heterocycles. The average Bonchev–Trinajstić information content (AvgIpc) is 2.99. The van der Waals surface area contributed by atoms with Gasteiger partial charge in [-0.1, -0.05) is 18.2 Å². The van der Waals surface area contributed by atoms with Gasteiger partial charge in [-0.3, -0.25) is 9.69 Å². The number of likely N-dealkylation sites (N-methyl/N-ethyl adjacent to an activating group) is 1. The first-order valence-corrected chi connectivity index (χ1v) is 10.5. The molecule has 3 aromatic rings. The number of nitrogens with two attached hydrogens (primary N) is 1. The summed E-state index contributed by atoms with van der Waals surface area (Å²) in [6, 6.07) is 14.6. The maximum Gasteiger partial charge on any atom is 0.261 e. The van der Waals surface area contributed by atoms with Gasteiger partial charge in [0.1, 0.15) is 17.2 Å². The van der Waals surface area contributed by atoms with Crippen molar-refractivity contribution in [2.75, 3.05) is 7.05 Å². The monoisotopic (exact) mass is 448 g/mol. The Morgan fingerprint density at radius 2 is 1.91 bits per heavy atom. The Labute approximate surface area is 189 Å². The van der Waals surface area contributed by atoms with Gasteiger partial charge in [-0.15, -0.1) is 0 Å². The molecule has 2 atom stereocenters. The molecule has 1 amide bonds. The van der Waals surface area contributed by atoms with Crippen LogP contribution in [0.3, 0.4) is 0 Å². The van der Waals surface area contributed by atoms with Crippen molar-refractivity contribution in [3.8, 4) is 16.9 Å². The van der Waals surface area contributed by atoms with Gasteiger partial charge in [-0.2, -0.15) is 4.39 Å². The zero-order valence-electron chi connectivity index (χ0n) is 18.2. The molecule has 2 aliphatic rings. The van der Waals surface area contributed by atoms with E-state index >= 15 is 0 Å². The number of hydrogen-bond acceptors (Lipinski definition) is 5. The summed E-state index contributed by atoms with van der Waals surface area (Å²) >= 11 is 0. The molecule has 6 nitrogen and oxygen atoms in total. The molecule has 0 radical (unpaired) electrons. The average molecular weight is 448 g/mol. The minimum atomic E-state index is -1.31. The fourth-order valence-corrected chi connectivity index (χ4v) is 4.77. The van der Waals surface area contributed by atoms with Gasteiger partial charge in [0.15, 0.2) is 11.5 Å². The molecule has 1 spiro atoms. The van der Waals surface area contributed by atoms with Crippen LogP contribution in [0.25, 0.3) is 11.1 Å². The number of hydrogen-bond donors (Lipinski definition) is 1. The summed E-state index contributed by atoms with van der Waals surface area (Å²) in [7, 11) is 1.58. The Hall–Kier alpha value is -3.81. The third kappa shape index (κ3) is 3.42. The Morgan fingerprint density at radius 3 is 2.58 bits per heavy atom. The number of aliphatic imine (C=N–C) groups is 1. The molecule has 0 fully saturated rings. The molecule has 8 heteroatoms. The van der Waals surface area contributed by atoms with E-state index in [2.05, 4.69) is 9.98 Å². The maximum atomic E-state index is 14.4. The fraction of sp³-hybridized carbons (Fsp3) is 0.240. The Bertz CT molecular complexity index is 1290. The first-order valence-electron chi connectivity index (χ1n) is 10.5. The number of ether oxygens (including phenoxy) is 1. The van der Waals surface area contributed by atoms with Gasteiger partial charge in [0.25, 0.3) is 5.91 Å². The molecule has 0 aliphatic carbocycles. The number of carbonyl (C=O) groups excluding carboxylic acids is 1. The van der Waals surface area contributed by atoms with Crippen molar-refractivity contribution in [1.82, 2.24) is 9.88 Å². The lowest BCUT2D eigenvalue weighted by Crippen LogP contribution is -2.51. The summed E-state index contributed by atoms with van der Waals surface area (Å²) in [4.78, 5) is 23.2. The van der Waals surface area contributed by atoms with Gasteiger partial charge < -0.3 is 10.5 Å². The second-order valence-corrected chi connectivity index (χ2v) is 8.78. The van der Waals surface area contributed by atoms with E-state index in [0.717, 1.165) is 5.56 Å². The van der Waals surface area contributed by atoms with Crippen LogP contribution in [0, 0.1) is 11.8 Å². The van der Waals surface area contributed by atoms with Gasteiger partial charge in [-0.05, 0) is 54.4 Å². The van der Waals surface area contributed by atoms with Crippen molar-refractivity contribution in [2.45, 2.75) is 30.9 Å². The predicted molar refractivity (Wildman–Crippen MR) is 119 cm³/mol. The number of aromatic nitrogens is 1. The van der Waals surface area contributed by atoms with Gasteiger partial charge in [0.2, 0.25) is 5.95 Å². The lowest BCUT2D eigenvalue weighted by Gasteiger charge is -2.43. The Balaban J connectivity index is 1.64. The molecule has 2 N–H and O–H groups in total. The van der Waals surface area contributed by atoms with Gasteiger partial charge in [-0.25, -0.2) is 14.4 Å². The number of guanidine groups is 1. The Kier molecular flexibility index (Phi) is 4.70. The van der Waals surface area contributed by atoms with E-state index in [9.17, 15) is 13.6 Å². The zero-order chi connectivity index (χ0) is 23.4. The number of benzene rings is 2. The SMILES string of the molecule is CN1C(=O)C2(C[C@@](C)(Cc3ccc(F)cc3)Oc3ccc(-c4cccnc4F)cc32)N=C1N. The quantitative estimate of drug-likeness (QED) is 0.618. The van der Waals surface area contributed by atoms with E-state index in [1.165, 1.54) is 23.2 Å². The van der Waals surface area contributed by atoms with E-state index < -0.39 is 17.1 Å². The van der Waals surface area contributed by atoms with Crippen LogP contribution >= 0.6 is 0 Å². The van der Waals surface area contributed by atoms with Crippen molar-refractivity contribution < 1.29 is 18.3 Å². The van der Waals surface area contributed by atoms with E-state index in [-0.39, 0.29) is 24.1 Å². The van der Waals surface area contributed by atoms with Crippen molar-refractivity contribution in [2.24, 2.45) is 10.7 Å². The zero-order valence-corrected chi connectivity index (χ0v) is 18.2. The van der Waals surface area contributed by atoms with Crippen LogP contribution in [-0.2, 0) is 16.8 Å². The van der Waals surface area contributed by atoms with Crippen molar-refractivity contribution in [3.05, 3.63) is 83.7 Å². The van der Waals surface area contributed by atoms with E-state index in [0.29, 0.717) is 28.9 Å². The topological polar surface area (TPSA) is 80.8 Å². The highest BCUT2D eigenvalue weighted by atomic mass is 19.1. The number of nitrogens with zero attached hydrogens (tertiary/aromatic N) is 3. The first kappa shape index (κ1) is 21.1.